The quantitative estimate of drug-likeness (QED) is 0.845. The van der Waals surface area contributed by atoms with Gasteiger partial charge in [-0.1, -0.05) is 25.7 Å². The summed E-state index contributed by atoms with van der Waals surface area (Å²) in [5.41, 5.74) is 1.58. The highest BCUT2D eigenvalue weighted by molar-refractivity contribution is 7.10. The first-order valence-corrected chi connectivity index (χ1v) is 9.26. The summed E-state index contributed by atoms with van der Waals surface area (Å²) in [6.07, 6.45) is 9.78. The fourth-order valence-corrected chi connectivity index (χ4v) is 4.73. The maximum Gasteiger partial charge on any atom is 0.0331 e. The lowest BCUT2D eigenvalue weighted by atomic mass is 10.0. The number of fused-ring (bicyclic) bond motifs is 1. The molecule has 0 radical (unpaired) electrons. The molecule has 0 amide bonds. The third-order valence-electron chi connectivity index (χ3n) is 5.09. The monoisotopic (exact) mass is 292 g/mol. The van der Waals surface area contributed by atoms with E-state index in [1.807, 2.05) is 11.3 Å². The first-order valence-electron chi connectivity index (χ1n) is 8.38. The van der Waals surface area contributed by atoms with Crippen molar-refractivity contribution in [1.29, 1.82) is 0 Å². The van der Waals surface area contributed by atoms with E-state index in [2.05, 4.69) is 28.6 Å². The van der Waals surface area contributed by atoms with E-state index in [1.165, 1.54) is 58.0 Å². The van der Waals surface area contributed by atoms with E-state index in [-0.39, 0.29) is 0 Å². The van der Waals surface area contributed by atoms with Crippen molar-refractivity contribution in [2.75, 3.05) is 19.6 Å². The Balaban J connectivity index is 1.45. The second-order valence-electron chi connectivity index (χ2n) is 6.40. The van der Waals surface area contributed by atoms with Crippen molar-refractivity contribution in [2.24, 2.45) is 0 Å². The smallest absolute Gasteiger partial charge is 0.0331 e. The van der Waals surface area contributed by atoms with E-state index in [9.17, 15) is 0 Å². The number of hydrogen-bond acceptors (Lipinski definition) is 3. The summed E-state index contributed by atoms with van der Waals surface area (Å²) in [4.78, 5) is 4.27. The van der Waals surface area contributed by atoms with Gasteiger partial charge >= 0.3 is 0 Å². The number of rotatable bonds is 4. The zero-order valence-electron chi connectivity index (χ0n) is 12.7. The van der Waals surface area contributed by atoms with Crippen LogP contribution in [0, 0.1) is 0 Å². The van der Waals surface area contributed by atoms with Gasteiger partial charge in [-0.05, 0) is 43.2 Å². The molecular weight excluding hydrogens is 264 g/mol. The average molecular weight is 292 g/mol. The van der Waals surface area contributed by atoms with Crippen molar-refractivity contribution in [3.05, 3.63) is 21.9 Å². The lowest BCUT2D eigenvalue weighted by Crippen LogP contribution is -2.40. The minimum atomic E-state index is 0.612. The number of nitrogens with zero attached hydrogens (tertiary/aromatic N) is 1. The minimum Gasteiger partial charge on any atom is -0.313 e. The van der Waals surface area contributed by atoms with Crippen molar-refractivity contribution in [2.45, 2.75) is 64.0 Å². The van der Waals surface area contributed by atoms with Gasteiger partial charge in [0.1, 0.15) is 0 Å². The lowest BCUT2D eigenvalue weighted by molar-refractivity contribution is 0.197. The van der Waals surface area contributed by atoms with Crippen LogP contribution >= 0.6 is 11.3 Å². The van der Waals surface area contributed by atoms with Crippen LogP contribution < -0.4 is 5.32 Å². The molecule has 1 N–H and O–H groups in total. The highest BCUT2D eigenvalue weighted by atomic mass is 32.1. The molecule has 1 aliphatic carbocycles. The standard InChI is InChI=1S/C17H28N2S/c1-14-16-9-13-20-17(16)8-11-19(14)12-10-18-15-6-4-2-3-5-7-15/h9,13-15,18H,2-8,10-12H2,1H3. The average Bonchev–Trinajstić information content (AvgIpc) is 2.79. The molecule has 1 atom stereocenters. The molecule has 0 spiro atoms. The number of hydrogen-bond donors (Lipinski definition) is 1. The van der Waals surface area contributed by atoms with Crippen LogP contribution in [0.4, 0.5) is 0 Å². The largest absolute Gasteiger partial charge is 0.313 e. The molecule has 1 fully saturated rings. The highest BCUT2D eigenvalue weighted by Gasteiger charge is 2.24. The molecule has 2 heterocycles. The van der Waals surface area contributed by atoms with Crippen molar-refractivity contribution < 1.29 is 0 Å². The Morgan fingerprint density at radius 3 is 2.85 bits per heavy atom. The van der Waals surface area contributed by atoms with Crippen molar-refractivity contribution in [3.8, 4) is 0 Å². The fraction of sp³-hybridized carbons (Fsp3) is 0.765. The van der Waals surface area contributed by atoms with Crippen molar-refractivity contribution >= 4 is 11.3 Å². The third kappa shape index (κ3) is 3.44. The Morgan fingerprint density at radius 2 is 2.05 bits per heavy atom. The molecule has 1 unspecified atom stereocenters. The van der Waals surface area contributed by atoms with Crippen molar-refractivity contribution in [1.82, 2.24) is 10.2 Å². The van der Waals surface area contributed by atoms with Crippen LogP contribution in [0.2, 0.25) is 0 Å². The van der Waals surface area contributed by atoms with Crippen LogP contribution in [-0.4, -0.2) is 30.6 Å². The van der Waals surface area contributed by atoms with Gasteiger partial charge in [0, 0.05) is 36.6 Å². The third-order valence-corrected chi connectivity index (χ3v) is 6.09. The van der Waals surface area contributed by atoms with Gasteiger partial charge in [0.2, 0.25) is 0 Å². The molecule has 1 aliphatic heterocycles. The maximum absolute atomic E-state index is 3.81. The van der Waals surface area contributed by atoms with Gasteiger partial charge in [-0.15, -0.1) is 11.3 Å². The van der Waals surface area contributed by atoms with Gasteiger partial charge in [0.15, 0.2) is 0 Å². The van der Waals surface area contributed by atoms with Gasteiger partial charge in [0.25, 0.3) is 0 Å². The lowest BCUT2D eigenvalue weighted by Gasteiger charge is -2.34. The Labute approximate surface area is 127 Å². The molecule has 1 aromatic rings. The van der Waals surface area contributed by atoms with Gasteiger partial charge in [-0.3, -0.25) is 4.90 Å². The molecular formula is C17H28N2S. The van der Waals surface area contributed by atoms with E-state index in [4.69, 9.17) is 0 Å². The van der Waals surface area contributed by atoms with E-state index in [0.717, 1.165) is 12.6 Å². The Hall–Kier alpha value is -0.380. The van der Waals surface area contributed by atoms with Gasteiger partial charge < -0.3 is 5.32 Å². The Kier molecular flexibility index (Phi) is 5.14. The molecule has 3 heteroatoms. The van der Waals surface area contributed by atoms with Crippen molar-refractivity contribution in [3.63, 3.8) is 0 Å². The summed E-state index contributed by atoms with van der Waals surface area (Å²) >= 11 is 1.94. The molecule has 2 aliphatic rings. The summed E-state index contributed by atoms with van der Waals surface area (Å²) in [5.74, 6) is 0. The zero-order chi connectivity index (χ0) is 13.8. The van der Waals surface area contributed by atoms with E-state index in [0.29, 0.717) is 6.04 Å². The van der Waals surface area contributed by atoms with Crippen LogP contribution in [0.25, 0.3) is 0 Å². The van der Waals surface area contributed by atoms with E-state index in [1.54, 1.807) is 10.4 Å². The van der Waals surface area contributed by atoms with Gasteiger partial charge in [-0.2, -0.15) is 0 Å². The first kappa shape index (κ1) is 14.6. The van der Waals surface area contributed by atoms with Crippen LogP contribution in [0.15, 0.2) is 11.4 Å². The summed E-state index contributed by atoms with van der Waals surface area (Å²) in [5, 5.41) is 6.07. The zero-order valence-corrected chi connectivity index (χ0v) is 13.6. The summed E-state index contributed by atoms with van der Waals surface area (Å²) < 4.78 is 0. The molecule has 20 heavy (non-hydrogen) atoms. The maximum atomic E-state index is 3.81. The summed E-state index contributed by atoms with van der Waals surface area (Å²) in [7, 11) is 0. The first-order chi connectivity index (χ1) is 9.84. The van der Waals surface area contributed by atoms with E-state index < -0.39 is 0 Å². The Morgan fingerprint density at radius 1 is 1.25 bits per heavy atom. The predicted octanol–water partition coefficient (Wildman–Crippen LogP) is 3.98. The summed E-state index contributed by atoms with van der Waals surface area (Å²) in [6, 6.07) is 3.73. The highest BCUT2D eigenvalue weighted by Crippen LogP contribution is 2.32. The van der Waals surface area contributed by atoms with Gasteiger partial charge in [-0.25, -0.2) is 0 Å². The molecule has 0 aromatic carbocycles. The minimum absolute atomic E-state index is 0.612. The molecule has 1 saturated carbocycles. The second kappa shape index (κ2) is 7.06. The molecule has 3 rings (SSSR count). The van der Waals surface area contributed by atoms with Crippen LogP contribution in [-0.2, 0) is 6.42 Å². The van der Waals surface area contributed by atoms with Crippen LogP contribution in [0.5, 0.6) is 0 Å². The molecule has 0 saturated heterocycles. The molecule has 1 aromatic heterocycles. The number of nitrogens with one attached hydrogen (secondary N) is 1. The normalized spacial score (nSPS) is 25.4. The molecule has 112 valence electrons. The molecule has 0 bridgehead atoms. The Bertz CT molecular complexity index is 407. The van der Waals surface area contributed by atoms with Gasteiger partial charge in [0.05, 0.1) is 0 Å². The SMILES string of the molecule is CC1c2ccsc2CCN1CCNC1CCCCCC1. The number of thiophene rings is 1. The second-order valence-corrected chi connectivity index (χ2v) is 7.40. The van der Waals surface area contributed by atoms with Crippen LogP contribution in [0.1, 0.15) is 61.9 Å². The summed E-state index contributed by atoms with van der Waals surface area (Å²) in [6.45, 7) is 5.97. The molecule has 2 nitrogen and oxygen atoms in total. The predicted molar refractivity (Wildman–Crippen MR) is 87.5 cm³/mol. The fourth-order valence-electron chi connectivity index (χ4n) is 3.76. The van der Waals surface area contributed by atoms with Crippen LogP contribution in [0.3, 0.4) is 0 Å². The van der Waals surface area contributed by atoms with E-state index >= 15 is 0 Å². The topological polar surface area (TPSA) is 15.3 Å².